The maximum Gasteiger partial charge on any atom is 0.256 e. The molecule has 0 spiro atoms. The number of hydrogen-bond acceptors (Lipinski definition) is 2. The third kappa shape index (κ3) is 2.61. The minimum absolute atomic E-state index is 0.0902. The molecule has 3 nitrogen and oxygen atoms in total. The van der Waals surface area contributed by atoms with Gasteiger partial charge in [-0.25, -0.2) is 0 Å². The fourth-order valence-electron chi connectivity index (χ4n) is 1.97. The number of rotatable bonds is 3. The zero-order valence-electron chi connectivity index (χ0n) is 9.83. The molecule has 0 bridgehead atoms. The summed E-state index contributed by atoms with van der Waals surface area (Å²) in [5.74, 6) is 0.293. The number of nitrogens with one attached hydrogen (secondary N) is 1. The van der Waals surface area contributed by atoms with Crippen LogP contribution in [0.4, 0.5) is 5.69 Å². The van der Waals surface area contributed by atoms with E-state index in [4.69, 9.17) is 16.3 Å². The van der Waals surface area contributed by atoms with Gasteiger partial charge in [0.1, 0.15) is 5.60 Å². The maximum atomic E-state index is 12.1. The highest BCUT2D eigenvalue weighted by Crippen LogP contribution is 2.27. The van der Waals surface area contributed by atoms with Crippen molar-refractivity contribution in [3.8, 4) is 0 Å². The standard InChI is InChI=1S/C13H16ClNO2/c1-13(7-4-8-17-13)12(16)15-11-6-3-2-5-10(11)9-14/h2-3,5-6H,4,7-9H2,1H3,(H,15,16). The van der Waals surface area contributed by atoms with Crippen LogP contribution in [0.15, 0.2) is 24.3 Å². The molecule has 1 atom stereocenters. The van der Waals surface area contributed by atoms with E-state index in [1.54, 1.807) is 0 Å². The Morgan fingerprint density at radius 2 is 2.29 bits per heavy atom. The molecule has 2 rings (SSSR count). The summed E-state index contributed by atoms with van der Waals surface area (Å²) in [5.41, 5.74) is 0.993. The predicted octanol–water partition coefficient (Wildman–Crippen LogP) is 2.93. The minimum atomic E-state index is -0.695. The van der Waals surface area contributed by atoms with Crippen LogP contribution in [0.25, 0.3) is 0 Å². The Hall–Kier alpha value is -1.06. The van der Waals surface area contributed by atoms with E-state index >= 15 is 0 Å². The second-order valence-corrected chi connectivity index (χ2v) is 4.70. The number of carbonyl (C=O) groups is 1. The highest BCUT2D eigenvalue weighted by Gasteiger charge is 2.37. The van der Waals surface area contributed by atoms with E-state index in [0.29, 0.717) is 12.5 Å². The van der Waals surface area contributed by atoms with E-state index in [9.17, 15) is 4.79 Å². The van der Waals surface area contributed by atoms with Crippen LogP contribution in [-0.4, -0.2) is 18.1 Å². The van der Waals surface area contributed by atoms with E-state index in [1.165, 1.54) is 0 Å². The smallest absolute Gasteiger partial charge is 0.256 e. The molecule has 1 fully saturated rings. The molecule has 0 aliphatic carbocycles. The first-order chi connectivity index (χ1) is 8.15. The van der Waals surface area contributed by atoms with Gasteiger partial charge in [0.15, 0.2) is 0 Å². The summed E-state index contributed by atoms with van der Waals surface area (Å²) in [4.78, 5) is 12.1. The Morgan fingerprint density at radius 1 is 1.53 bits per heavy atom. The van der Waals surface area contributed by atoms with Crippen molar-refractivity contribution in [2.75, 3.05) is 11.9 Å². The highest BCUT2D eigenvalue weighted by molar-refractivity contribution is 6.17. The molecule has 0 saturated carbocycles. The Kier molecular flexibility index (Phi) is 3.69. The topological polar surface area (TPSA) is 38.3 Å². The van der Waals surface area contributed by atoms with Gasteiger partial charge in [0.2, 0.25) is 0 Å². The van der Waals surface area contributed by atoms with Crippen molar-refractivity contribution < 1.29 is 9.53 Å². The van der Waals surface area contributed by atoms with Crippen molar-refractivity contribution in [1.82, 2.24) is 0 Å². The number of halogens is 1. The zero-order valence-corrected chi connectivity index (χ0v) is 10.6. The molecule has 1 heterocycles. The summed E-state index contributed by atoms with van der Waals surface area (Å²) >= 11 is 5.83. The molecular weight excluding hydrogens is 238 g/mol. The van der Waals surface area contributed by atoms with E-state index in [-0.39, 0.29) is 5.91 Å². The monoisotopic (exact) mass is 253 g/mol. The van der Waals surface area contributed by atoms with Crippen LogP contribution in [0.1, 0.15) is 25.3 Å². The summed E-state index contributed by atoms with van der Waals surface area (Å²) in [6.45, 7) is 2.49. The Bertz CT molecular complexity index is 414. The Labute approximate surface area is 106 Å². The first-order valence-electron chi connectivity index (χ1n) is 5.75. The zero-order chi connectivity index (χ0) is 12.3. The molecule has 1 unspecified atom stereocenters. The fraction of sp³-hybridized carbons (Fsp3) is 0.462. The molecule has 0 radical (unpaired) electrons. The van der Waals surface area contributed by atoms with Crippen LogP contribution in [0.2, 0.25) is 0 Å². The van der Waals surface area contributed by atoms with Crippen molar-refractivity contribution in [2.45, 2.75) is 31.2 Å². The van der Waals surface area contributed by atoms with Crippen molar-refractivity contribution in [3.63, 3.8) is 0 Å². The molecule has 1 saturated heterocycles. The lowest BCUT2D eigenvalue weighted by Crippen LogP contribution is -2.39. The minimum Gasteiger partial charge on any atom is -0.365 e. The molecule has 0 aromatic heterocycles. The second-order valence-electron chi connectivity index (χ2n) is 4.43. The predicted molar refractivity (Wildman–Crippen MR) is 68.2 cm³/mol. The van der Waals surface area contributed by atoms with Crippen molar-refractivity contribution in [3.05, 3.63) is 29.8 Å². The van der Waals surface area contributed by atoms with Crippen LogP contribution in [0.5, 0.6) is 0 Å². The van der Waals surface area contributed by atoms with Gasteiger partial charge < -0.3 is 10.1 Å². The van der Waals surface area contributed by atoms with Gasteiger partial charge in [0.25, 0.3) is 5.91 Å². The van der Waals surface area contributed by atoms with Crippen LogP contribution in [0.3, 0.4) is 0 Å². The summed E-state index contributed by atoms with van der Waals surface area (Å²) in [6, 6.07) is 7.54. The quantitative estimate of drug-likeness (QED) is 0.842. The third-order valence-electron chi connectivity index (χ3n) is 3.11. The van der Waals surface area contributed by atoms with Crippen molar-refractivity contribution in [2.24, 2.45) is 0 Å². The van der Waals surface area contributed by atoms with Gasteiger partial charge in [0, 0.05) is 18.2 Å². The van der Waals surface area contributed by atoms with Crippen LogP contribution < -0.4 is 5.32 Å². The van der Waals surface area contributed by atoms with Gasteiger partial charge in [-0.15, -0.1) is 11.6 Å². The van der Waals surface area contributed by atoms with Gasteiger partial charge in [-0.2, -0.15) is 0 Å². The van der Waals surface area contributed by atoms with Crippen LogP contribution in [0, 0.1) is 0 Å². The Balaban J connectivity index is 2.12. The molecule has 92 valence electrons. The number of benzene rings is 1. The lowest BCUT2D eigenvalue weighted by molar-refractivity contribution is -0.133. The van der Waals surface area contributed by atoms with Crippen LogP contribution >= 0.6 is 11.6 Å². The average molecular weight is 254 g/mol. The van der Waals surface area contributed by atoms with E-state index < -0.39 is 5.60 Å². The average Bonchev–Trinajstić information content (AvgIpc) is 2.78. The third-order valence-corrected chi connectivity index (χ3v) is 3.40. The van der Waals surface area contributed by atoms with Crippen LogP contribution in [-0.2, 0) is 15.4 Å². The van der Waals surface area contributed by atoms with Gasteiger partial charge in [-0.1, -0.05) is 18.2 Å². The summed E-state index contributed by atoms with van der Waals surface area (Å²) in [5, 5.41) is 2.90. The highest BCUT2D eigenvalue weighted by atomic mass is 35.5. The van der Waals surface area contributed by atoms with Gasteiger partial charge >= 0.3 is 0 Å². The molecule has 1 aliphatic heterocycles. The lowest BCUT2D eigenvalue weighted by Gasteiger charge is -2.22. The number of carbonyl (C=O) groups excluding carboxylic acids is 1. The van der Waals surface area contributed by atoms with Gasteiger partial charge in [0.05, 0.1) is 0 Å². The van der Waals surface area contributed by atoms with Crippen molar-refractivity contribution in [1.29, 1.82) is 0 Å². The van der Waals surface area contributed by atoms with E-state index in [2.05, 4.69) is 5.32 Å². The summed E-state index contributed by atoms with van der Waals surface area (Å²) in [7, 11) is 0. The molecule has 1 aliphatic rings. The number of amides is 1. The normalized spacial score (nSPS) is 23.6. The molecule has 1 aromatic carbocycles. The molecule has 17 heavy (non-hydrogen) atoms. The lowest BCUT2D eigenvalue weighted by atomic mass is 10.0. The number of para-hydroxylation sites is 1. The number of ether oxygens (including phenoxy) is 1. The molecule has 1 amide bonds. The van der Waals surface area contributed by atoms with E-state index in [0.717, 1.165) is 24.1 Å². The second kappa shape index (κ2) is 5.07. The number of anilines is 1. The molecular formula is C13H16ClNO2. The molecule has 1 aromatic rings. The van der Waals surface area contributed by atoms with Gasteiger partial charge in [-0.3, -0.25) is 4.79 Å². The van der Waals surface area contributed by atoms with E-state index in [1.807, 2.05) is 31.2 Å². The first kappa shape index (κ1) is 12.4. The Morgan fingerprint density at radius 3 is 2.94 bits per heavy atom. The van der Waals surface area contributed by atoms with Crippen molar-refractivity contribution >= 4 is 23.2 Å². The SMILES string of the molecule is CC1(C(=O)Nc2ccccc2CCl)CCCO1. The summed E-state index contributed by atoms with van der Waals surface area (Å²) in [6.07, 6.45) is 1.70. The number of hydrogen-bond donors (Lipinski definition) is 1. The largest absolute Gasteiger partial charge is 0.365 e. The molecule has 1 N–H and O–H groups in total. The van der Waals surface area contributed by atoms with Gasteiger partial charge in [-0.05, 0) is 31.4 Å². The first-order valence-corrected chi connectivity index (χ1v) is 6.28. The maximum absolute atomic E-state index is 12.1. The number of alkyl halides is 1. The molecule has 4 heteroatoms. The summed E-state index contributed by atoms with van der Waals surface area (Å²) < 4.78 is 5.50. The fourth-order valence-corrected chi connectivity index (χ4v) is 2.20.